The third-order valence-corrected chi connectivity index (χ3v) is 7.75. The zero-order chi connectivity index (χ0) is 21.9. The first-order valence-corrected chi connectivity index (χ1v) is 11.9. The number of fused-ring (bicyclic) bond motifs is 1. The Kier molecular flexibility index (Phi) is 4.64. The summed E-state index contributed by atoms with van der Waals surface area (Å²) in [5.41, 5.74) is -0.126. The molecule has 1 aromatic rings. The van der Waals surface area contributed by atoms with Gasteiger partial charge in [-0.15, -0.1) is 0 Å². The Morgan fingerprint density at radius 1 is 1.00 bits per heavy atom. The molecule has 7 heteroatoms. The monoisotopic (exact) mass is 435 g/mol. The first-order valence-electron chi connectivity index (χ1n) is 11.9. The van der Waals surface area contributed by atoms with Crippen molar-refractivity contribution in [2.24, 2.45) is 11.8 Å². The summed E-state index contributed by atoms with van der Waals surface area (Å²) in [6.45, 7) is 0.319. The number of carbonyl (C=O) groups is 3. The molecule has 1 spiro atoms. The predicted molar refractivity (Wildman–Crippen MR) is 116 cm³/mol. The Morgan fingerprint density at radius 3 is 2.41 bits per heavy atom. The van der Waals surface area contributed by atoms with E-state index in [9.17, 15) is 14.4 Å². The van der Waals surface area contributed by atoms with Crippen molar-refractivity contribution in [3.8, 4) is 0 Å². The summed E-state index contributed by atoms with van der Waals surface area (Å²) in [5.74, 6) is -1.71. The summed E-state index contributed by atoms with van der Waals surface area (Å²) < 4.78 is 6.36. The molecule has 0 unspecified atom stereocenters. The Morgan fingerprint density at radius 2 is 1.69 bits per heavy atom. The summed E-state index contributed by atoms with van der Waals surface area (Å²) in [6, 6.07) is 9.27. The molecule has 2 N–H and O–H groups in total. The molecule has 168 valence electrons. The maximum atomic E-state index is 13.8. The van der Waals surface area contributed by atoms with Gasteiger partial charge in [0.1, 0.15) is 11.6 Å². The topological polar surface area (TPSA) is 87.7 Å². The van der Waals surface area contributed by atoms with E-state index in [4.69, 9.17) is 4.74 Å². The van der Waals surface area contributed by atoms with Crippen LogP contribution in [-0.4, -0.2) is 52.5 Å². The number of nitrogens with zero attached hydrogens (tertiary/aromatic N) is 1. The number of likely N-dealkylation sites (tertiary alicyclic amines) is 1. The van der Waals surface area contributed by atoms with E-state index >= 15 is 0 Å². The first kappa shape index (κ1) is 20.0. The first-order chi connectivity index (χ1) is 15.6. The molecular formula is C25H29N3O4. The number of amides is 3. The molecule has 2 saturated heterocycles. The number of benzene rings is 1. The summed E-state index contributed by atoms with van der Waals surface area (Å²) in [7, 11) is 0. The van der Waals surface area contributed by atoms with Crippen LogP contribution in [0.25, 0.3) is 0 Å². The summed E-state index contributed by atoms with van der Waals surface area (Å²) >= 11 is 0. The zero-order valence-electron chi connectivity index (χ0n) is 18.0. The van der Waals surface area contributed by atoms with Gasteiger partial charge in [0, 0.05) is 18.6 Å². The summed E-state index contributed by atoms with van der Waals surface area (Å²) in [4.78, 5) is 42.2. The minimum atomic E-state index is -1.08. The molecule has 4 fully saturated rings. The van der Waals surface area contributed by atoms with Crippen molar-refractivity contribution < 1.29 is 19.1 Å². The third kappa shape index (κ3) is 3.09. The molecule has 2 saturated carbocycles. The molecule has 6 rings (SSSR count). The SMILES string of the molecule is O=C(NC1CC1)[C@H]1[C@H]2C=C[C@]3(O2)[C@H](C(=O)NC2CCCC2)N(Cc2ccccc2)C(=O)[C@@H]13. The maximum absolute atomic E-state index is 13.8. The lowest BCUT2D eigenvalue weighted by atomic mass is 9.74. The van der Waals surface area contributed by atoms with E-state index in [-0.39, 0.29) is 29.8 Å². The van der Waals surface area contributed by atoms with Crippen molar-refractivity contribution in [3.05, 3.63) is 48.0 Å². The minimum absolute atomic E-state index is 0.126. The second-order valence-electron chi connectivity index (χ2n) is 9.93. The van der Waals surface area contributed by atoms with E-state index in [1.54, 1.807) is 4.90 Å². The third-order valence-electron chi connectivity index (χ3n) is 7.75. The normalized spacial score (nSPS) is 35.4. The van der Waals surface area contributed by atoms with Gasteiger partial charge in [-0.25, -0.2) is 0 Å². The Labute approximate surface area is 187 Å². The van der Waals surface area contributed by atoms with Crippen molar-refractivity contribution in [2.45, 2.75) is 74.9 Å². The predicted octanol–water partition coefficient (Wildman–Crippen LogP) is 1.67. The maximum Gasteiger partial charge on any atom is 0.246 e. The smallest absolute Gasteiger partial charge is 0.246 e. The van der Waals surface area contributed by atoms with E-state index in [2.05, 4.69) is 10.6 Å². The highest BCUT2D eigenvalue weighted by Gasteiger charge is 2.72. The van der Waals surface area contributed by atoms with E-state index in [1.807, 2.05) is 42.5 Å². The fourth-order valence-corrected chi connectivity index (χ4v) is 6.09. The van der Waals surface area contributed by atoms with Crippen molar-refractivity contribution in [1.29, 1.82) is 0 Å². The number of ether oxygens (including phenoxy) is 1. The number of carbonyl (C=O) groups excluding carboxylic acids is 3. The van der Waals surface area contributed by atoms with Crippen LogP contribution in [0.5, 0.6) is 0 Å². The van der Waals surface area contributed by atoms with Gasteiger partial charge < -0.3 is 20.3 Å². The second-order valence-corrected chi connectivity index (χ2v) is 9.93. The average molecular weight is 436 g/mol. The van der Waals surface area contributed by atoms with Gasteiger partial charge in [-0.05, 0) is 31.2 Å². The molecule has 5 aliphatic rings. The zero-order valence-corrected chi connectivity index (χ0v) is 18.0. The second kappa shape index (κ2) is 7.44. The van der Waals surface area contributed by atoms with E-state index in [1.165, 1.54) is 0 Å². The van der Waals surface area contributed by atoms with Crippen molar-refractivity contribution in [2.75, 3.05) is 0 Å². The van der Waals surface area contributed by atoms with Crippen LogP contribution < -0.4 is 10.6 Å². The molecule has 1 aromatic carbocycles. The minimum Gasteiger partial charge on any atom is -0.359 e. The highest BCUT2D eigenvalue weighted by molar-refractivity contribution is 6.00. The van der Waals surface area contributed by atoms with Gasteiger partial charge in [-0.1, -0.05) is 55.3 Å². The standard InChI is InChI=1S/C25H29N3O4/c29-22(26-17-10-11-17)19-18-12-13-25(32-18)20(19)24(31)28(14-15-6-2-1-3-7-15)21(25)23(30)27-16-8-4-5-9-16/h1-3,6-7,12-13,16-21H,4-5,8-11,14H2,(H,26,29)(H,27,30)/t18-,19+,20-,21+,25-/m1/s1. The van der Waals surface area contributed by atoms with Crippen molar-refractivity contribution in [1.82, 2.24) is 15.5 Å². The van der Waals surface area contributed by atoms with Gasteiger partial charge in [0.2, 0.25) is 17.7 Å². The molecule has 7 nitrogen and oxygen atoms in total. The summed E-state index contributed by atoms with van der Waals surface area (Å²) in [6.07, 6.45) is 9.42. The van der Waals surface area contributed by atoms with E-state index in [0.29, 0.717) is 6.54 Å². The van der Waals surface area contributed by atoms with Crippen LogP contribution in [0.2, 0.25) is 0 Å². The number of rotatable bonds is 6. The molecule has 0 aromatic heterocycles. The molecule has 3 heterocycles. The quantitative estimate of drug-likeness (QED) is 0.666. The number of nitrogens with one attached hydrogen (secondary N) is 2. The van der Waals surface area contributed by atoms with E-state index < -0.39 is 29.6 Å². The average Bonchev–Trinajstić information content (AvgIpc) is 3.14. The van der Waals surface area contributed by atoms with Gasteiger partial charge in [0.25, 0.3) is 0 Å². The Hall–Kier alpha value is -2.67. The number of hydrogen-bond acceptors (Lipinski definition) is 4. The van der Waals surface area contributed by atoms with Gasteiger partial charge >= 0.3 is 0 Å². The molecule has 2 bridgehead atoms. The highest BCUT2D eigenvalue weighted by Crippen LogP contribution is 2.55. The molecule has 5 atom stereocenters. The molecule has 2 aliphatic carbocycles. The molecule has 0 radical (unpaired) electrons. The van der Waals surface area contributed by atoms with Crippen LogP contribution in [-0.2, 0) is 25.7 Å². The molecule has 3 amide bonds. The van der Waals surface area contributed by atoms with Crippen LogP contribution >= 0.6 is 0 Å². The van der Waals surface area contributed by atoms with E-state index in [0.717, 1.165) is 44.1 Å². The van der Waals surface area contributed by atoms with Crippen molar-refractivity contribution >= 4 is 17.7 Å². The van der Waals surface area contributed by atoms with Gasteiger partial charge in [-0.2, -0.15) is 0 Å². The lowest BCUT2D eigenvalue weighted by Crippen LogP contribution is -2.55. The van der Waals surface area contributed by atoms with Crippen LogP contribution in [0.1, 0.15) is 44.1 Å². The summed E-state index contributed by atoms with van der Waals surface area (Å²) in [5, 5.41) is 6.24. The van der Waals surface area contributed by atoms with Crippen LogP contribution in [0, 0.1) is 11.8 Å². The largest absolute Gasteiger partial charge is 0.359 e. The van der Waals surface area contributed by atoms with Crippen LogP contribution in [0.4, 0.5) is 0 Å². The lowest BCUT2D eigenvalue weighted by Gasteiger charge is -2.33. The van der Waals surface area contributed by atoms with Gasteiger partial charge in [0.05, 0.1) is 17.9 Å². The molecular weight excluding hydrogens is 406 g/mol. The van der Waals surface area contributed by atoms with Crippen LogP contribution in [0.15, 0.2) is 42.5 Å². The molecule has 32 heavy (non-hydrogen) atoms. The number of hydrogen-bond donors (Lipinski definition) is 2. The fourth-order valence-electron chi connectivity index (χ4n) is 6.09. The Bertz CT molecular complexity index is 969. The van der Waals surface area contributed by atoms with Gasteiger partial charge in [-0.3, -0.25) is 14.4 Å². The van der Waals surface area contributed by atoms with Crippen LogP contribution in [0.3, 0.4) is 0 Å². The Balaban J connectivity index is 1.34. The molecule has 3 aliphatic heterocycles. The van der Waals surface area contributed by atoms with Gasteiger partial charge in [0.15, 0.2) is 0 Å². The fraction of sp³-hybridized carbons (Fsp3) is 0.560. The lowest BCUT2D eigenvalue weighted by molar-refractivity contribution is -0.142. The highest BCUT2D eigenvalue weighted by atomic mass is 16.5. The van der Waals surface area contributed by atoms with Crippen molar-refractivity contribution in [3.63, 3.8) is 0 Å².